The summed E-state index contributed by atoms with van der Waals surface area (Å²) in [5, 5.41) is 11.6. The van der Waals surface area contributed by atoms with Gasteiger partial charge in [-0.15, -0.1) is 0 Å². The number of nitrogens with two attached hydrogens (primary N) is 1. The second kappa shape index (κ2) is 8.98. The number of unbranched alkanes of at least 4 members (excludes halogenated alkanes) is 1. The summed E-state index contributed by atoms with van der Waals surface area (Å²) in [6.07, 6.45) is 3.68. The van der Waals surface area contributed by atoms with E-state index in [0.717, 1.165) is 19.3 Å². The van der Waals surface area contributed by atoms with E-state index in [1.54, 1.807) is 6.92 Å². The predicted molar refractivity (Wildman–Crippen MR) is 66.5 cm³/mol. The number of aliphatic carboxylic acids is 1. The van der Waals surface area contributed by atoms with Gasteiger partial charge in [-0.05, 0) is 25.8 Å². The lowest BCUT2D eigenvalue weighted by Gasteiger charge is -2.17. The summed E-state index contributed by atoms with van der Waals surface area (Å²) >= 11 is 0. The van der Waals surface area contributed by atoms with Gasteiger partial charge in [0.25, 0.3) is 0 Å². The van der Waals surface area contributed by atoms with Crippen molar-refractivity contribution in [1.29, 1.82) is 0 Å². The maximum absolute atomic E-state index is 11.7. The molecular formula is C12H24N2O3. The quantitative estimate of drug-likeness (QED) is 0.566. The van der Waals surface area contributed by atoms with Crippen molar-refractivity contribution in [3.63, 3.8) is 0 Å². The number of carboxylic acid groups (broad SMARTS) is 1. The number of carboxylic acids is 1. The minimum Gasteiger partial charge on any atom is -0.480 e. The van der Waals surface area contributed by atoms with Crippen molar-refractivity contribution in [2.45, 2.75) is 52.0 Å². The SMILES string of the molecule is CCCCC(NC(=O)C(C)CCCN)C(=O)O. The maximum Gasteiger partial charge on any atom is 0.326 e. The Kier molecular flexibility index (Phi) is 8.40. The molecule has 0 bridgehead atoms. The van der Waals surface area contributed by atoms with Crippen LogP contribution < -0.4 is 11.1 Å². The van der Waals surface area contributed by atoms with Crippen LogP contribution in [0.4, 0.5) is 0 Å². The van der Waals surface area contributed by atoms with Crippen LogP contribution in [0.25, 0.3) is 0 Å². The Morgan fingerprint density at radius 2 is 1.94 bits per heavy atom. The third-order valence-electron chi connectivity index (χ3n) is 2.75. The Labute approximate surface area is 103 Å². The van der Waals surface area contributed by atoms with Gasteiger partial charge in [0.15, 0.2) is 0 Å². The zero-order chi connectivity index (χ0) is 13.3. The minimum atomic E-state index is -0.960. The zero-order valence-corrected chi connectivity index (χ0v) is 10.7. The molecule has 5 nitrogen and oxygen atoms in total. The van der Waals surface area contributed by atoms with Crippen LogP contribution in [0.3, 0.4) is 0 Å². The highest BCUT2D eigenvalue weighted by Gasteiger charge is 2.21. The molecule has 2 unspecified atom stereocenters. The zero-order valence-electron chi connectivity index (χ0n) is 10.7. The van der Waals surface area contributed by atoms with Crippen molar-refractivity contribution in [3.8, 4) is 0 Å². The van der Waals surface area contributed by atoms with Crippen LogP contribution in [0.2, 0.25) is 0 Å². The number of amides is 1. The molecule has 5 heteroatoms. The number of hydrogen-bond donors (Lipinski definition) is 3. The molecule has 1 amide bonds. The van der Waals surface area contributed by atoms with Gasteiger partial charge in [-0.25, -0.2) is 4.79 Å². The molecule has 0 saturated carbocycles. The molecule has 0 aromatic carbocycles. The first-order valence-corrected chi connectivity index (χ1v) is 6.26. The van der Waals surface area contributed by atoms with E-state index in [-0.39, 0.29) is 11.8 Å². The van der Waals surface area contributed by atoms with Crippen molar-refractivity contribution in [1.82, 2.24) is 5.32 Å². The number of nitrogens with one attached hydrogen (secondary N) is 1. The molecule has 4 N–H and O–H groups in total. The Bertz CT molecular complexity index is 244. The topological polar surface area (TPSA) is 92.4 Å². The average Bonchev–Trinajstić information content (AvgIpc) is 2.30. The summed E-state index contributed by atoms with van der Waals surface area (Å²) in [4.78, 5) is 22.7. The predicted octanol–water partition coefficient (Wildman–Crippen LogP) is 1.12. The Morgan fingerprint density at radius 1 is 1.29 bits per heavy atom. The van der Waals surface area contributed by atoms with Crippen molar-refractivity contribution < 1.29 is 14.7 Å². The van der Waals surface area contributed by atoms with Gasteiger partial charge in [0.2, 0.25) is 5.91 Å². The van der Waals surface area contributed by atoms with E-state index in [9.17, 15) is 9.59 Å². The van der Waals surface area contributed by atoms with Crippen molar-refractivity contribution >= 4 is 11.9 Å². The third kappa shape index (κ3) is 6.94. The first kappa shape index (κ1) is 15.9. The monoisotopic (exact) mass is 244 g/mol. The van der Waals surface area contributed by atoms with Crippen LogP contribution in [-0.2, 0) is 9.59 Å². The van der Waals surface area contributed by atoms with Gasteiger partial charge >= 0.3 is 5.97 Å². The Hall–Kier alpha value is -1.10. The van der Waals surface area contributed by atoms with Crippen LogP contribution >= 0.6 is 0 Å². The van der Waals surface area contributed by atoms with Crippen LogP contribution in [-0.4, -0.2) is 29.6 Å². The summed E-state index contributed by atoms with van der Waals surface area (Å²) in [7, 11) is 0. The standard InChI is InChI=1S/C12H24N2O3/c1-3-4-7-10(12(16)17)14-11(15)9(2)6-5-8-13/h9-10H,3-8,13H2,1-2H3,(H,14,15)(H,16,17). The van der Waals surface area contributed by atoms with E-state index in [0.29, 0.717) is 19.4 Å². The van der Waals surface area contributed by atoms with E-state index in [1.165, 1.54) is 0 Å². The highest BCUT2D eigenvalue weighted by Crippen LogP contribution is 2.07. The lowest BCUT2D eigenvalue weighted by Crippen LogP contribution is -2.43. The molecular weight excluding hydrogens is 220 g/mol. The van der Waals surface area contributed by atoms with Gasteiger partial charge in [0, 0.05) is 5.92 Å². The molecule has 0 rings (SSSR count). The van der Waals surface area contributed by atoms with Crippen LogP contribution in [0, 0.1) is 5.92 Å². The molecule has 0 aromatic rings. The third-order valence-corrected chi connectivity index (χ3v) is 2.75. The lowest BCUT2D eigenvalue weighted by atomic mass is 10.0. The van der Waals surface area contributed by atoms with Gasteiger partial charge in [0.05, 0.1) is 0 Å². The highest BCUT2D eigenvalue weighted by molar-refractivity contribution is 5.84. The van der Waals surface area contributed by atoms with E-state index in [1.807, 2.05) is 6.92 Å². The Balaban J connectivity index is 4.15. The van der Waals surface area contributed by atoms with Crippen LogP contribution in [0.1, 0.15) is 46.0 Å². The van der Waals surface area contributed by atoms with E-state index in [4.69, 9.17) is 10.8 Å². The summed E-state index contributed by atoms with van der Waals surface area (Å²) in [6.45, 7) is 4.34. The van der Waals surface area contributed by atoms with Crippen molar-refractivity contribution in [3.05, 3.63) is 0 Å². The minimum absolute atomic E-state index is 0.179. The summed E-state index contributed by atoms with van der Waals surface area (Å²) < 4.78 is 0. The Morgan fingerprint density at radius 3 is 2.41 bits per heavy atom. The summed E-state index contributed by atoms with van der Waals surface area (Å²) in [6, 6.07) is -0.761. The maximum atomic E-state index is 11.7. The van der Waals surface area contributed by atoms with Gasteiger partial charge in [-0.2, -0.15) is 0 Å². The first-order valence-electron chi connectivity index (χ1n) is 6.26. The molecule has 0 spiro atoms. The smallest absolute Gasteiger partial charge is 0.326 e. The van der Waals surface area contributed by atoms with Crippen LogP contribution in [0.15, 0.2) is 0 Å². The lowest BCUT2D eigenvalue weighted by molar-refractivity contribution is -0.142. The summed E-state index contributed by atoms with van der Waals surface area (Å²) in [5.41, 5.74) is 5.37. The molecule has 2 atom stereocenters. The molecule has 0 heterocycles. The molecule has 0 aromatic heterocycles. The number of hydrogen-bond acceptors (Lipinski definition) is 3. The van der Waals surface area contributed by atoms with Crippen molar-refractivity contribution in [2.24, 2.45) is 11.7 Å². The second-order valence-corrected chi connectivity index (χ2v) is 4.37. The number of rotatable bonds is 9. The fourth-order valence-electron chi connectivity index (χ4n) is 1.53. The first-order chi connectivity index (χ1) is 8.02. The summed E-state index contributed by atoms with van der Waals surface area (Å²) in [5.74, 6) is -1.33. The van der Waals surface area contributed by atoms with Gasteiger partial charge in [-0.3, -0.25) is 4.79 Å². The van der Waals surface area contributed by atoms with E-state index in [2.05, 4.69) is 5.32 Å². The molecule has 0 aliphatic rings. The van der Waals surface area contributed by atoms with Gasteiger partial charge in [0.1, 0.15) is 6.04 Å². The second-order valence-electron chi connectivity index (χ2n) is 4.37. The van der Waals surface area contributed by atoms with Crippen molar-refractivity contribution in [2.75, 3.05) is 6.54 Å². The number of carbonyl (C=O) groups excluding carboxylic acids is 1. The molecule has 0 aliphatic heterocycles. The van der Waals surface area contributed by atoms with E-state index < -0.39 is 12.0 Å². The molecule has 0 fully saturated rings. The molecule has 0 saturated heterocycles. The number of carbonyl (C=O) groups is 2. The molecule has 0 radical (unpaired) electrons. The van der Waals surface area contributed by atoms with E-state index >= 15 is 0 Å². The van der Waals surface area contributed by atoms with Gasteiger partial charge in [-0.1, -0.05) is 26.7 Å². The largest absolute Gasteiger partial charge is 0.480 e. The molecule has 100 valence electrons. The molecule has 0 aliphatic carbocycles. The average molecular weight is 244 g/mol. The highest BCUT2D eigenvalue weighted by atomic mass is 16.4. The van der Waals surface area contributed by atoms with Crippen LogP contribution in [0.5, 0.6) is 0 Å². The normalized spacial score (nSPS) is 14.1. The fraction of sp³-hybridized carbons (Fsp3) is 0.833. The molecule has 17 heavy (non-hydrogen) atoms. The fourth-order valence-corrected chi connectivity index (χ4v) is 1.53. The van der Waals surface area contributed by atoms with Gasteiger partial charge < -0.3 is 16.2 Å².